The van der Waals surface area contributed by atoms with Crippen molar-refractivity contribution in [1.82, 2.24) is 0 Å². The van der Waals surface area contributed by atoms with E-state index in [1.54, 1.807) is 0 Å². The molecule has 0 aliphatic rings. The minimum Gasteiger partial charge on any atom is -0.0776 e. The van der Waals surface area contributed by atoms with Crippen LogP contribution in [-0.4, -0.2) is 0 Å². The third-order valence-corrected chi connectivity index (χ3v) is 0. The fourth-order valence-electron chi connectivity index (χ4n) is 0. The first kappa shape index (κ1) is 50.6. The summed E-state index contributed by atoms with van der Waals surface area (Å²) in [5, 5.41) is 0. The largest absolute Gasteiger partial charge is 0.0776 e. The molecule has 0 aromatic heterocycles. The zero-order chi connectivity index (χ0) is 5.41. The van der Waals surface area contributed by atoms with Crippen LogP contribution in [0.5, 0.6) is 0 Å². The predicted molar refractivity (Wildman–Crippen MR) is 58.9 cm³/mol. The van der Waals surface area contributed by atoms with E-state index in [0.717, 1.165) is 0 Å². The van der Waals surface area contributed by atoms with Gasteiger partial charge < -0.3 is 0 Å². The molecule has 0 heterocycles. The molecule has 0 spiro atoms. The second kappa shape index (κ2) is 144. The first-order valence-electron chi connectivity index (χ1n) is 2.83. The number of hydrogen-bond acceptors (Lipinski definition) is 0. The Morgan fingerprint density at radius 1 is 0.500 bits per heavy atom. The molecule has 0 unspecified atom stereocenters. The highest BCUT2D eigenvalue weighted by atomic mass is 13.4. The normalized spacial score (nSPS) is 3.60. The molecule has 0 radical (unpaired) electrons. The van der Waals surface area contributed by atoms with E-state index in [9.17, 15) is 0 Å². The molecule has 72 valence electrons. The van der Waals surface area contributed by atoms with Crippen LogP contribution in [0, 0.1) is 0 Å². The van der Waals surface area contributed by atoms with Gasteiger partial charge in [0, 0.05) is 0 Å². The van der Waals surface area contributed by atoms with E-state index >= 15 is 0 Å². The molecule has 0 heteroatoms. The van der Waals surface area contributed by atoms with Crippen molar-refractivity contribution in [3.05, 3.63) is 0 Å². The molecule has 0 bridgehead atoms. The number of rotatable bonds is 0. The summed E-state index contributed by atoms with van der Waals surface area (Å²) in [6.45, 7) is 8.50. The van der Waals surface area contributed by atoms with Gasteiger partial charge >= 0.3 is 0 Å². The van der Waals surface area contributed by atoms with Gasteiger partial charge in [0.25, 0.3) is 0 Å². The summed E-state index contributed by atoms with van der Waals surface area (Å²) in [4.78, 5) is 0. The van der Waals surface area contributed by atoms with Crippen molar-refractivity contribution in [1.29, 1.82) is 0 Å². The van der Waals surface area contributed by atoms with Crippen molar-refractivity contribution in [2.45, 2.75) is 70.2 Å². The Kier molecular flexibility index (Phi) is 729. The summed E-state index contributed by atoms with van der Waals surface area (Å²) < 4.78 is 0. The third kappa shape index (κ3) is 0. The van der Waals surface area contributed by atoms with Crippen molar-refractivity contribution in [3.8, 4) is 0 Å². The van der Waals surface area contributed by atoms with E-state index in [2.05, 4.69) is 27.7 Å². The van der Waals surface area contributed by atoms with Gasteiger partial charge in [-0.15, -0.1) is 0 Å². The Morgan fingerprint density at radius 3 is 0.500 bits per heavy atom. The molecule has 0 N–H and O–H groups in total. The van der Waals surface area contributed by atoms with Gasteiger partial charge in [-0.05, 0) is 0 Å². The molecule has 0 atom stereocenters. The van der Waals surface area contributed by atoms with Crippen molar-refractivity contribution >= 4 is 0 Å². The minimum atomic E-state index is 0. The Bertz CT molecular complexity index is 2.00. The zero-order valence-electron chi connectivity index (χ0n) is 5.41. The predicted octanol–water partition coefficient (Wildman–Crippen LogP) is 5.38. The second-order valence-electron chi connectivity index (χ2n) is 1.41. The van der Waals surface area contributed by atoms with Gasteiger partial charge in [-0.2, -0.15) is 0 Å². The lowest BCUT2D eigenvalue weighted by molar-refractivity contribution is 1.09. The molecule has 0 aromatic rings. The van der Waals surface area contributed by atoms with E-state index in [-0.39, 0.29) is 29.7 Å². The van der Waals surface area contributed by atoms with Crippen LogP contribution in [-0.2, 0) is 0 Å². The highest BCUT2D eigenvalue weighted by Crippen LogP contribution is 1.56. The molecule has 0 nitrogen and oxygen atoms in total. The number of hydrogen-bond donors (Lipinski definition) is 0. The SMILES string of the molecule is C.C.C.C.CCC.CCC. The smallest absolute Gasteiger partial charge is 0.0590 e. The molecule has 0 amide bonds. The lowest BCUT2D eigenvalue weighted by Crippen LogP contribution is -1.27. The van der Waals surface area contributed by atoms with Gasteiger partial charge in [0.2, 0.25) is 0 Å². The average molecular weight is 152 g/mol. The molecule has 0 saturated heterocycles. The standard InChI is InChI=1S/2C3H8.4CH4/c2*1-3-2;;;;/h2*3H2,1-2H3;4*1H4. The second-order valence-corrected chi connectivity index (χ2v) is 1.41. The summed E-state index contributed by atoms with van der Waals surface area (Å²) in [6, 6.07) is 0. The Balaban J connectivity index is -0.00000000571. The van der Waals surface area contributed by atoms with E-state index in [1.165, 1.54) is 12.8 Å². The van der Waals surface area contributed by atoms with Gasteiger partial charge in [-0.25, -0.2) is 0 Å². The molecular weight excluding hydrogens is 120 g/mol. The fourth-order valence-corrected chi connectivity index (χ4v) is 0. The summed E-state index contributed by atoms with van der Waals surface area (Å²) >= 11 is 0. The van der Waals surface area contributed by atoms with Crippen molar-refractivity contribution in [2.75, 3.05) is 0 Å². The topological polar surface area (TPSA) is 0 Å². The third-order valence-electron chi connectivity index (χ3n) is 0. The molecule has 0 rings (SSSR count). The van der Waals surface area contributed by atoms with Crippen molar-refractivity contribution in [3.63, 3.8) is 0 Å². The lowest BCUT2D eigenvalue weighted by atomic mass is 10.6. The zero-order valence-corrected chi connectivity index (χ0v) is 5.41. The maximum Gasteiger partial charge on any atom is -0.0590 e. The van der Waals surface area contributed by atoms with Crippen LogP contribution in [0.4, 0.5) is 0 Å². The van der Waals surface area contributed by atoms with Gasteiger partial charge in [-0.1, -0.05) is 70.2 Å². The van der Waals surface area contributed by atoms with Gasteiger partial charge in [0.1, 0.15) is 0 Å². The molecule has 0 fully saturated rings. The summed E-state index contributed by atoms with van der Waals surface area (Å²) in [5.41, 5.74) is 0. The molecule has 0 aliphatic carbocycles. The highest BCUT2D eigenvalue weighted by molar-refractivity contribution is 3.92. The maximum atomic E-state index is 2.12. The molecule has 10 heavy (non-hydrogen) atoms. The lowest BCUT2D eigenvalue weighted by Gasteiger charge is -1.48. The molecular formula is C10H32. The van der Waals surface area contributed by atoms with E-state index < -0.39 is 0 Å². The molecule has 0 aliphatic heterocycles. The van der Waals surface area contributed by atoms with Gasteiger partial charge in [0.05, 0.1) is 0 Å². The van der Waals surface area contributed by atoms with E-state index in [4.69, 9.17) is 0 Å². The van der Waals surface area contributed by atoms with E-state index in [1.807, 2.05) is 0 Å². The van der Waals surface area contributed by atoms with Crippen LogP contribution >= 0.6 is 0 Å². The fraction of sp³-hybridized carbons (Fsp3) is 1.00. The summed E-state index contributed by atoms with van der Waals surface area (Å²) in [6.07, 6.45) is 2.50. The Hall–Kier alpha value is 0. The molecule has 0 aromatic carbocycles. The van der Waals surface area contributed by atoms with E-state index in [0.29, 0.717) is 0 Å². The summed E-state index contributed by atoms with van der Waals surface area (Å²) in [7, 11) is 0. The van der Waals surface area contributed by atoms with Crippen LogP contribution in [0.1, 0.15) is 70.2 Å². The monoisotopic (exact) mass is 152 g/mol. The van der Waals surface area contributed by atoms with Crippen molar-refractivity contribution in [2.24, 2.45) is 0 Å². The van der Waals surface area contributed by atoms with Gasteiger partial charge in [0.15, 0.2) is 0 Å². The van der Waals surface area contributed by atoms with Crippen LogP contribution < -0.4 is 0 Å². The minimum absolute atomic E-state index is 0. The Morgan fingerprint density at radius 2 is 0.500 bits per heavy atom. The van der Waals surface area contributed by atoms with Crippen LogP contribution in [0.2, 0.25) is 0 Å². The first-order valence-corrected chi connectivity index (χ1v) is 2.83. The maximum absolute atomic E-state index is 2.12. The Labute approximate surface area is 71.1 Å². The first-order chi connectivity index (χ1) is 2.83. The summed E-state index contributed by atoms with van der Waals surface area (Å²) in [5.74, 6) is 0. The van der Waals surface area contributed by atoms with Crippen LogP contribution in [0.3, 0.4) is 0 Å². The van der Waals surface area contributed by atoms with Gasteiger partial charge in [-0.3, -0.25) is 0 Å². The molecule has 0 saturated carbocycles. The van der Waals surface area contributed by atoms with Crippen LogP contribution in [0.15, 0.2) is 0 Å². The van der Waals surface area contributed by atoms with Crippen LogP contribution in [0.25, 0.3) is 0 Å². The quantitative estimate of drug-likeness (QED) is 0.437. The highest BCUT2D eigenvalue weighted by Gasteiger charge is 1.36. The average Bonchev–Trinajstić information content (AvgIpc) is 1.39. The van der Waals surface area contributed by atoms with Crippen molar-refractivity contribution < 1.29 is 0 Å².